The number of amides is 1. The molecule has 0 fully saturated rings. The van der Waals surface area contributed by atoms with Crippen molar-refractivity contribution in [2.24, 2.45) is 0 Å². The van der Waals surface area contributed by atoms with Gasteiger partial charge < -0.3 is 25.9 Å². The van der Waals surface area contributed by atoms with E-state index >= 15 is 0 Å². The Kier molecular flexibility index (Phi) is 5.47. The van der Waals surface area contributed by atoms with Crippen LogP contribution in [-0.4, -0.2) is 27.9 Å². The van der Waals surface area contributed by atoms with E-state index in [1.165, 1.54) is 12.1 Å². The molecule has 2 aromatic carbocycles. The molecule has 148 valence electrons. The molecule has 3 aromatic rings. The Morgan fingerprint density at radius 3 is 2.57 bits per heavy atom. The predicted molar refractivity (Wildman–Crippen MR) is 101 cm³/mol. The fraction of sp³-hybridized carbons (Fsp3) is 0.167. The zero-order valence-electron chi connectivity index (χ0n) is 14.8. The number of fused-ring (bicyclic) bond motifs is 1. The fourth-order valence-electron chi connectivity index (χ4n) is 3.03. The van der Waals surface area contributed by atoms with Crippen LogP contribution in [0.1, 0.15) is 21.6 Å². The second-order valence-corrected chi connectivity index (χ2v) is 6.21. The fourth-order valence-corrected chi connectivity index (χ4v) is 3.03. The lowest BCUT2D eigenvalue weighted by Gasteiger charge is -2.38. The number of carbonyl (C=O) groups excluding carboxylic acids is 1. The van der Waals surface area contributed by atoms with Gasteiger partial charge in [-0.2, -0.15) is 0 Å². The summed E-state index contributed by atoms with van der Waals surface area (Å²) in [6.45, 7) is 2.04. The standard InChI is InChI=1S/C18H17FN4O5/c1-10-15(16-8-12(19)2-3-17(16)21-10)4-5-20-18(24)11-6-13(22(25)26)9-14(7-11)23(27)28/h2-3,6-9,21,25-26H,4-5H2,1H3,(H,20,24)/q-2. The minimum Gasteiger partial charge on any atom is -0.769 e. The highest BCUT2D eigenvalue weighted by molar-refractivity contribution is 5.96. The SMILES string of the molecule is Cc1[nH]c2ccc(F)cc2c1CCNC(=O)c1cc(N([O-])[O-])cc(N(O)O)c1. The molecule has 1 amide bonds. The summed E-state index contributed by atoms with van der Waals surface area (Å²) < 4.78 is 13.5. The quantitative estimate of drug-likeness (QED) is 0.476. The number of aryl methyl sites for hydroxylation is 1. The number of nitrogens with one attached hydrogen (secondary N) is 2. The van der Waals surface area contributed by atoms with Crippen LogP contribution in [-0.2, 0) is 6.42 Å². The van der Waals surface area contributed by atoms with Crippen molar-refractivity contribution < 1.29 is 19.6 Å². The number of aromatic amines is 1. The molecular weight excluding hydrogens is 371 g/mol. The van der Waals surface area contributed by atoms with Gasteiger partial charge in [-0.15, -0.1) is 5.23 Å². The molecule has 0 aliphatic heterocycles. The van der Waals surface area contributed by atoms with E-state index in [9.17, 15) is 19.6 Å². The number of benzene rings is 2. The molecule has 1 aromatic heterocycles. The number of halogens is 1. The van der Waals surface area contributed by atoms with Gasteiger partial charge in [0.25, 0.3) is 5.91 Å². The van der Waals surface area contributed by atoms with Crippen LogP contribution in [0.5, 0.6) is 0 Å². The summed E-state index contributed by atoms with van der Waals surface area (Å²) >= 11 is 0. The zero-order chi connectivity index (χ0) is 20.4. The minimum atomic E-state index is -0.742. The normalized spacial score (nSPS) is 10.9. The molecule has 10 heteroatoms. The highest BCUT2D eigenvalue weighted by atomic mass is 19.1. The molecule has 0 spiro atoms. The van der Waals surface area contributed by atoms with E-state index in [1.807, 2.05) is 6.92 Å². The van der Waals surface area contributed by atoms with Crippen LogP contribution in [0, 0.1) is 23.2 Å². The predicted octanol–water partition coefficient (Wildman–Crippen LogP) is 2.97. The van der Waals surface area contributed by atoms with Crippen molar-refractivity contribution in [3.8, 4) is 0 Å². The van der Waals surface area contributed by atoms with Gasteiger partial charge in [-0.05, 0) is 55.3 Å². The molecule has 4 N–H and O–H groups in total. The molecule has 0 aliphatic carbocycles. The Balaban J connectivity index is 1.75. The molecule has 0 unspecified atom stereocenters. The van der Waals surface area contributed by atoms with Crippen molar-refractivity contribution in [1.29, 1.82) is 0 Å². The molecule has 0 saturated heterocycles. The third-order valence-corrected chi connectivity index (χ3v) is 4.35. The first-order valence-electron chi connectivity index (χ1n) is 8.28. The van der Waals surface area contributed by atoms with Crippen LogP contribution in [0.15, 0.2) is 36.4 Å². The van der Waals surface area contributed by atoms with Gasteiger partial charge in [0, 0.05) is 34.4 Å². The van der Waals surface area contributed by atoms with E-state index in [0.29, 0.717) is 6.42 Å². The molecule has 0 radical (unpaired) electrons. The number of rotatable bonds is 6. The average molecular weight is 388 g/mol. The van der Waals surface area contributed by atoms with Crippen molar-refractivity contribution in [1.82, 2.24) is 10.3 Å². The Morgan fingerprint density at radius 1 is 1.18 bits per heavy atom. The van der Waals surface area contributed by atoms with E-state index in [2.05, 4.69) is 10.3 Å². The Morgan fingerprint density at radius 2 is 1.89 bits per heavy atom. The number of hydrogen-bond donors (Lipinski definition) is 4. The summed E-state index contributed by atoms with van der Waals surface area (Å²) in [5, 5.41) is 42.4. The highest BCUT2D eigenvalue weighted by Gasteiger charge is 2.13. The second kappa shape index (κ2) is 7.82. The molecule has 0 aliphatic rings. The molecule has 9 nitrogen and oxygen atoms in total. The number of carbonyl (C=O) groups is 1. The third kappa shape index (κ3) is 4.05. The number of anilines is 2. The first-order chi connectivity index (χ1) is 13.3. The lowest BCUT2D eigenvalue weighted by atomic mass is 10.1. The molecule has 28 heavy (non-hydrogen) atoms. The maximum absolute atomic E-state index is 13.5. The van der Waals surface area contributed by atoms with Gasteiger partial charge >= 0.3 is 0 Å². The Bertz CT molecular complexity index is 992. The van der Waals surface area contributed by atoms with E-state index in [-0.39, 0.29) is 28.8 Å². The van der Waals surface area contributed by atoms with Gasteiger partial charge in [-0.1, -0.05) is 0 Å². The van der Waals surface area contributed by atoms with Crippen LogP contribution in [0.25, 0.3) is 10.9 Å². The van der Waals surface area contributed by atoms with E-state index in [4.69, 9.17) is 10.4 Å². The zero-order valence-corrected chi connectivity index (χ0v) is 14.8. The van der Waals surface area contributed by atoms with Crippen LogP contribution in [0.2, 0.25) is 0 Å². The molecular formula is C18H17FN4O5-2. The number of aromatic nitrogens is 1. The monoisotopic (exact) mass is 388 g/mol. The van der Waals surface area contributed by atoms with Crippen LogP contribution < -0.4 is 15.8 Å². The highest BCUT2D eigenvalue weighted by Crippen LogP contribution is 2.25. The summed E-state index contributed by atoms with van der Waals surface area (Å²) in [6, 6.07) is 7.47. The van der Waals surface area contributed by atoms with Crippen molar-refractivity contribution in [2.45, 2.75) is 13.3 Å². The van der Waals surface area contributed by atoms with Crippen molar-refractivity contribution in [2.75, 3.05) is 17.0 Å². The first-order valence-corrected chi connectivity index (χ1v) is 8.28. The molecule has 0 saturated carbocycles. The lowest BCUT2D eigenvalue weighted by Crippen LogP contribution is -2.26. The summed E-state index contributed by atoms with van der Waals surface area (Å²) in [7, 11) is 0. The van der Waals surface area contributed by atoms with E-state index < -0.39 is 16.8 Å². The van der Waals surface area contributed by atoms with Crippen LogP contribution in [0.4, 0.5) is 15.8 Å². The lowest BCUT2D eigenvalue weighted by molar-refractivity contribution is 0.0291. The molecule has 3 rings (SSSR count). The van der Waals surface area contributed by atoms with Crippen LogP contribution >= 0.6 is 0 Å². The van der Waals surface area contributed by atoms with Gasteiger partial charge in [0.15, 0.2) is 0 Å². The van der Waals surface area contributed by atoms with E-state index in [1.54, 1.807) is 6.07 Å². The topological polar surface area (TPSA) is 138 Å². The maximum atomic E-state index is 13.5. The van der Waals surface area contributed by atoms with E-state index in [0.717, 1.165) is 40.4 Å². The second-order valence-electron chi connectivity index (χ2n) is 6.21. The summed E-state index contributed by atoms with van der Waals surface area (Å²) in [5.41, 5.74) is 1.62. The summed E-state index contributed by atoms with van der Waals surface area (Å²) in [6.07, 6.45) is 0.412. The van der Waals surface area contributed by atoms with Gasteiger partial charge in [0.2, 0.25) is 0 Å². The molecule has 1 heterocycles. The molecule has 0 atom stereocenters. The van der Waals surface area contributed by atoms with Gasteiger partial charge in [-0.25, -0.2) is 4.39 Å². The number of nitrogens with zero attached hydrogens (tertiary/aromatic N) is 2. The largest absolute Gasteiger partial charge is 0.769 e. The first kappa shape index (κ1) is 19.6. The van der Waals surface area contributed by atoms with Crippen molar-refractivity contribution in [3.05, 3.63) is 69.5 Å². The van der Waals surface area contributed by atoms with Crippen LogP contribution in [0.3, 0.4) is 0 Å². The average Bonchev–Trinajstić information content (AvgIpc) is 2.96. The number of hydrogen-bond acceptors (Lipinski definition) is 7. The third-order valence-electron chi connectivity index (χ3n) is 4.35. The molecule has 0 bridgehead atoms. The Labute approximate surface area is 158 Å². The van der Waals surface area contributed by atoms with Gasteiger partial charge in [-0.3, -0.25) is 15.2 Å². The smallest absolute Gasteiger partial charge is 0.251 e. The van der Waals surface area contributed by atoms with Crippen molar-refractivity contribution in [3.63, 3.8) is 0 Å². The summed E-state index contributed by atoms with van der Waals surface area (Å²) in [4.78, 5) is 15.5. The van der Waals surface area contributed by atoms with Gasteiger partial charge in [0.1, 0.15) is 5.82 Å². The maximum Gasteiger partial charge on any atom is 0.251 e. The summed E-state index contributed by atoms with van der Waals surface area (Å²) in [5.74, 6) is -0.978. The van der Waals surface area contributed by atoms with Crippen molar-refractivity contribution >= 4 is 28.2 Å². The Hall–Kier alpha value is -3.18. The number of H-pyrrole nitrogens is 1. The van der Waals surface area contributed by atoms with Gasteiger partial charge in [0.05, 0.1) is 5.69 Å². The minimum absolute atomic E-state index is 0.0982.